The Labute approximate surface area is 174 Å². The van der Waals surface area contributed by atoms with Gasteiger partial charge in [-0.2, -0.15) is 0 Å². The summed E-state index contributed by atoms with van der Waals surface area (Å²) in [5.74, 6) is 0.641. The van der Waals surface area contributed by atoms with Gasteiger partial charge in [-0.1, -0.05) is 6.07 Å². The van der Waals surface area contributed by atoms with Gasteiger partial charge in [0.1, 0.15) is 5.69 Å². The fraction of sp³-hybridized carbons (Fsp3) is 0.375. The first-order chi connectivity index (χ1) is 14.7. The van der Waals surface area contributed by atoms with Crippen LogP contribution in [0.4, 0.5) is 0 Å². The van der Waals surface area contributed by atoms with Gasteiger partial charge in [-0.05, 0) is 55.0 Å². The summed E-state index contributed by atoms with van der Waals surface area (Å²) < 4.78 is 4.07. The third-order valence-electron chi connectivity index (χ3n) is 6.78. The van der Waals surface area contributed by atoms with Crippen LogP contribution >= 0.6 is 0 Å². The maximum absolute atomic E-state index is 13.3. The van der Waals surface area contributed by atoms with Crippen LogP contribution in [0.15, 0.2) is 59.8 Å². The highest BCUT2D eigenvalue weighted by atomic mass is 16.2. The fourth-order valence-electron chi connectivity index (χ4n) is 5.23. The lowest BCUT2D eigenvalue weighted by Gasteiger charge is -2.43. The molecule has 0 aromatic carbocycles. The van der Waals surface area contributed by atoms with E-state index >= 15 is 0 Å². The molecule has 1 aliphatic carbocycles. The maximum Gasteiger partial charge on any atom is 0.270 e. The third-order valence-corrected chi connectivity index (χ3v) is 6.78. The predicted octanol–water partition coefficient (Wildman–Crippen LogP) is 3.31. The van der Waals surface area contributed by atoms with E-state index in [-0.39, 0.29) is 17.4 Å². The zero-order valence-electron chi connectivity index (χ0n) is 16.8. The molecule has 3 aromatic heterocycles. The van der Waals surface area contributed by atoms with E-state index in [2.05, 4.69) is 15.6 Å². The number of amides is 1. The average molecular weight is 400 g/mol. The Morgan fingerprint density at radius 2 is 1.93 bits per heavy atom. The van der Waals surface area contributed by atoms with Gasteiger partial charge in [-0.15, -0.1) is 0 Å². The molecule has 2 atom stereocenters. The van der Waals surface area contributed by atoms with Crippen molar-refractivity contribution in [1.82, 2.24) is 19.0 Å². The minimum Gasteiger partial charge on any atom is -0.340 e. The zero-order chi connectivity index (χ0) is 20.2. The topological polar surface area (TPSA) is 60.1 Å². The van der Waals surface area contributed by atoms with Gasteiger partial charge in [-0.3, -0.25) is 14.6 Å². The normalized spacial score (nSPS) is 22.6. The molecule has 2 fully saturated rings. The molecule has 1 amide bonds. The molecule has 2 bridgehead atoms. The largest absolute Gasteiger partial charge is 0.340 e. The Morgan fingerprint density at radius 1 is 1.03 bits per heavy atom. The summed E-state index contributed by atoms with van der Waals surface area (Å²) in [6.45, 7) is 2.08. The SMILES string of the molecule is O=C(c1cccn1C1CC1)N1C[C@@H]2C[C@H](C1)c1cc(-c3cccnc3)cc(=O)n1C2. The van der Waals surface area contributed by atoms with Crippen LogP contribution in [0.5, 0.6) is 0 Å². The van der Waals surface area contributed by atoms with Crippen molar-refractivity contribution in [2.45, 2.75) is 37.8 Å². The third kappa shape index (κ3) is 2.90. The quantitative estimate of drug-likeness (QED) is 0.678. The average Bonchev–Trinajstić information content (AvgIpc) is 3.50. The molecule has 1 saturated carbocycles. The molecule has 6 rings (SSSR count). The van der Waals surface area contributed by atoms with Crippen LogP contribution in [-0.2, 0) is 6.54 Å². The van der Waals surface area contributed by atoms with Crippen molar-refractivity contribution in [3.63, 3.8) is 0 Å². The Kier molecular flexibility index (Phi) is 3.94. The Bertz CT molecular complexity index is 1180. The molecular formula is C24H24N4O2. The lowest BCUT2D eigenvalue weighted by Crippen LogP contribution is -2.49. The minimum atomic E-state index is 0.0449. The van der Waals surface area contributed by atoms with E-state index in [0.29, 0.717) is 25.0 Å². The van der Waals surface area contributed by atoms with E-state index < -0.39 is 0 Å². The number of likely N-dealkylation sites (tertiary alicyclic amines) is 1. The highest BCUT2D eigenvalue weighted by Gasteiger charge is 2.38. The molecule has 1 saturated heterocycles. The molecule has 3 aliphatic rings. The van der Waals surface area contributed by atoms with Gasteiger partial charge in [0, 0.05) is 67.5 Å². The first-order valence-electron chi connectivity index (χ1n) is 10.8. The summed E-state index contributed by atoms with van der Waals surface area (Å²) >= 11 is 0. The molecule has 152 valence electrons. The monoisotopic (exact) mass is 400 g/mol. The second-order valence-corrected chi connectivity index (χ2v) is 8.90. The first-order valence-corrected chi connectivity index (χ1v) is 10.8. The number of hydrogen-bond donors (Lipinski definition) is 0. The summed E-state index contributed by atoms with van der Waals surface area (Å²) in [6.07, 6.45) is 8.91. The molecule has 3 aromatic rings. The van der Waals surface area contributed by atoms with E-state index in [1.165, 1.54) is 0 Å². The predicted molar refractivity (Wildman–Crippen MR) is 113 cm³/mol. The molecule has 0 N–H and O–H groups in total. The number of hydrogen-bond acceptors (Lipinski definition) is 3. The second kappa shape index (κ2) is 6.69. The van der Waals surface area contributed by atoms with Gasteiger partial charge >= 0.3 is 0 Å². The van der Waals surface area contributed by atoms with Gasteiger partial charge < -0.3 is 14.0 Å². The van der Waals surface area contributed by atoms with Crippen molar-refractivity contribution < 1.29 is 4.79 Å². The Morgan fingerprint density at radius 3 is 2.73 bits per heavy atom. The Hall–Kier alpha value is -3.15. The molecule has 6 nitrogen and oxygen atoms in total. The van der Waals surface area contributed by atoms with Gasteiger partial charge in [-0.25, -0.2) is 0 Å². The van der Waals surface area contributed by atoms with Crippen molar-refractivity contribution in [3.05, 3.63) is 76.7 Å². The minimum absolute atomic E-state index is 0.0449. The van der Waals surface area contributed by atoms with Crippen molar-refractivity contribution in [1.29, 1.82) is 0 Å². The van der Waals surface area contributed by atoms with E-state index in [4.69, 9.17) is 0 Å². The van der Waals surface area contributed by atoms with E-state index in [1.807, 2.05) is 39.9 Å². The number of aromatic nitrogens is 3. The first kappa shape index (κ1) is 17.7. The number of nitrogens with zero attached hydrogens (tertiary/aromatic N) is 4. The number of rotatable bonds is 3. The summed E-state index contributed by atoms with van der Waals surface area (Å²) in [7, 11) is 0. The van der Waals surface area contributed by atoms with Crippen LogP contribution in [0.2, 0.25) is 0 Å². The highest BCUT2D eigenvalue weighted by Crippen LogP contribution is 2.39. The molecule has 6 heteroatoms. The van der Waals surface area contributed by atoms with Crippen molar-refractivity contribution in [2.75, 3.05) is 13.1 Å². The van der Waals surface area contributed by atoms with Crippen LogP contribution in [0.1, 0.15) is 47.4 Å². The van der Waals surface area contributed by atoms with Gasteiger partial charge in [0.25, 0.3) is 11.5 Å². The summed E-state index contributed by atoms with van der Waals surface area (Å²) in [4.78, 5) is 32.4. The second-order valence-electron chi connectivity index (χ2n) is 8.90. The summed E-state index contributed by atoms with van der Waals surface area (Å²) in [5.41, 5.74) is 3.75. The Balaban J connectivity index is 1.33. The van der Waals surface area contributed by atoms with Crippen molar-refractivity contribution >= 4 is 5.91 Å². The van der Waals surface area contributed by atoms with Gasteiger partial charge in [0.15, 0.2) is 0 Å². The highest BCUT2D eigenvalue weighted by molar-refractivity contribution is 5.93. The number of fused-ring (bicyclic) bond motifs is 4. The lowest BCUT2D eigenvalue weighted by molar-refractivity contribution is 0.0584. The van der Waals surface area contributed by atoms with Gasteiger partial charge in [0.05, 0.1) is 0 Å². The van der Waals surface area contributed by atoms with Crippen LogP contribution in [-0.4, -0.2) is 38.0 Å². The molecule has 0 spiro atoms. The standard InChI is InChI=1S/C24H24N4O2/c29-23-11-18(17-3-1-7-25-12-17)10-22-19-9-16(14-28(22)23)13-26(15-19)24(30)21-4-2-8-27(21)20-5-6-20/h1-4,7-8,10-12,16,19-20H,5-6,9,13-15H2/t16-,19+/m0/s1. The van der Waals surface area contributed by atoms with E-state index in [1.54, 1.807) is 18.5 Å². The van der Waals surface area contributed by atoms with Crippen LogP contribution in [0.3, 0.4) is 0 Å². The summed E-state index contributed by atoms with van der Waals surface area (Å²) in [6, 6.07) is 12.1. The number of carbonyl (C=O) groups excluding carboxylic acids is 1. The van der Waals surface area contributed by atoms with E-state index in [9.17, 15) is 9.59 Å². The molecular weight excluding hydrogens is 376 g/mol. The number of carbonyl (C=O) groups is 1. The van der Waals surface area contributed by atoms with Crippen molar-refractivity contribution in [2.24, 2.45) is 5.92 Å². The molecule has 2 aliphatic heterocycles. The van der Waals surface area contributed by atoms with E-state index in [0.717, 1.165) is 48.3 Å². The van der Waals surface area contributed by atoms with Crippen molar-refractivity contribution in [3.8, 4) is 11.1 Å². The smallest absolute Gasteiger partial charge is 0.270 e. The lowest BCUT2D eigenvalue weighted by atomic mass is 9.82. The molecule has 0 radical (unpaired) electrons. The molecule has 5 heterocycles. The molecule has 0 unspecified atom stereocenters. The van der Waals surface area contributed by atoms with Crippen LogP contribution in [0.25, 0.3) is 11.1 Å². The number of piperidine rings is 1. The van der Waals surface area contributed by atoms with Crippen LogP contribution in [0, 0.1) is 5.92 Å². The summed E-state index contributed by atoms with van der Waals surface area (Å²) in [5, 5.41) is 0. The van der Waals surface area contributed by atoms with Gasteiger partial charge in [0.2, 0.25) is 0 Å². The fourth-order valence-corrected chi connectivity index (χ4v) is 5.23. The maximum atomic E-state index is 13.3. The van der Waals surface area contributed by atoms with Crippen LogP contribution < -0.4 is 5.56 Å². The zero-order valence-corrected chi connectivity index (χ0v) is 16.8. The molecule has 30 heavy (non-hydrogen) atoms. The number of pyridine rings is 2.